The second-order valence-electron chi connectivity index (χ2n) is 8.52. The Bertz CT molecular complexity index is 1380. The quantitative estimate of drug-likeness (QED) is 0.424. The highest BCUT2D eigenvalue weighted by atomic mass is 35.5. The monoisotopic (exact) mass is 466 g/mol. The molecular formula is C24H23ClN4O4. The van der Waals surface area contributed by atoms with E-state index in [4.69, 9.17) is 20.5 Å². The fraction of sp³-hybridized carbons (Fsp3) is 0.333. The number of carbonyl (C=O) groups is 1. The summed E-state index contributed by atoms with van der Waals surface area (Å²) in [4.78, 5) is 31.4. The van der Waals surface area contributed by atoms with E-state index in [9.17, 15) is 9.59 Å². The van der Waals surface area contributed by atoms with Gasteiger partial charge in [-0.05, 0) is 57.0 Å². The summed E-state index contributed by atoms with van der Waals surface area (Å²) in [7, 11) is 0. The van der Waals surface area contributed by atoms with Gasteiger partial charge in [0.1, 0.15) is 0 Å². The van der Waals surface area contributed by atoms with Crippen LogP contribution < -0.4 is 5.76 Å². The van der Waals surface area contributed by atoms with Crippen LogP contribution in [0.4, 0.5) is 0 Å². The Labute approximate surface area is 194 Å². The summed E-state index contributed by atoms with van der Waals surface area (Å²) in [5.74, 6) is 0.654. The molecule has 0 spiro atoms. The number of amides is 1. The maximum atomic E-state index is 12.8. The van der Waals surface area contributed by atoms with Crippen LogP contribution in [0.25, 0.3) is 22.5 Å². The number of aromatic nitrogens is 3. The van der Waals surface area contributed by atoms with Gasteiger partial charge >= 0.3 is 5.76 Å². The molecule has 1 aliphatic rings. The first kappa shape index (κ1) is 21.5. The molecule has 5 rings (SSSR count). The molecule has 0 atom stereocenters. The highest BCUT2D eigenvalue weighted by Crippen LogP contribution is 2.31. The minimum Gasteiger partial charge on any atom is -0.408 e. The van der Waals surface area contributed by atoms with E-state index in [0.29, 0.717) is 46.5 Å². The molecular weight excluding hydrogens is 444 g/mol. The third-order valence-corrected chi connectivity index (χ3v) is 6.39. The lowest BCUT2D eigenvalue weighted by atomic mass is 9.96. The van der Waals surface area contributed by atoms with Crippen molar-refractivity contribution in [1.29, 1.82) is 0 Å². The van der Waals surface area contributed by atoms with Crippen molar-refractivity contribution in [1.82, 2.24) is 19.6 Å². The van der Waals surface area contributed by atoms with Gasteiger partial charge in [0.2, 0.25) is 11.7 Å². The van der Waals surface area contributed by atoms with Crippen LogP contribution in [0.5, 0.6) is 0 Å². The summed E-state index contributed by atoms with van der Waals surface area (Å²) in [6, 6.07) is 12.5. The molecule has 8 nitrogen and oxygen atoms in total. The van der Waals surface area contributed by atoms with Crippen molar-refractivity contribution < 1.29 is 13.7 Å². The zero-order chi connectivity index (χ0) is 23.1. The van der Waals surface area contributed by atoms with Gasteiger partial charge in [-0.2, -0.15) is 4.98 Å². The first-order valence-corrected chi connectivity index (χ1v) is 11.3. The minimum atomic E-state index is -0.385. The molecule has 0 saturated carbocycles. The molecule has 9 heteroatoms. The van der Waals surface area contributed by atoms with E-state index in [1.54, 1.807) is 22.8 Å². The first-order valence-electron chi connectivity index (χ1n) is 10.9. The maximum Gasteiger partial charge on any atom is 0.420 e. The smallest absolute Gasteiger partial charge is 0.408 e. The Morgan fingerprint density at radius 1 is 1.15 bits per heavy atom. The van der Waals surface area contributed by atoms with Crippen LogP contribution in [-0.4, -0.2) is 38.6 Å². The van der Waals surface area contributed by atoms with Crippen LogP contribution in [0.3, 0.4) is 0 Å². The van der Waals surface area contributed by atoms with E-state index in [1.807, 2.05) is 43.0 Å². The Kier molecular flexibility index (Phi) is 5.54. The zero-order valence-electron chi connectivity index (χ0n) is 18.3. The van der Waals surface area contributed by atoms with Gasteiger partial charge in [-0.15, -0.1) is 0 Å². The highest BCUT2D eigenvalue weighted by molar-refractivity contribution is 6.33. The number of likely N-dealkylation sites (tertiary alicyclic amines) is 1. The lowest BCUT2D eigenvalue weighted by Crippen LogP contribution is -2.38. The van der Waals surface area contributed by atoms with Gasteiger partial charge in [-0.3, -0.25) is 9.36 Å². The molecule has 2 aromatic carbocycles. The molecule has 0 N–H and O–H groups in total. The molecule has 0 unspecified atom stereocenters. The molecule has 0 aliphatic carbocycles. The van der Waals surface area contributed by atoms with Crippen molar-refractivity contribution in [2.24, 2.45) is 0 Å². The Morgan fingerprint density at radius 3 is 2.64 bits per heavy atom. The third kappa shape index (κ3) is 3.95. The normalized spacial score (nSPS) is 15.0. The molecule has 1 aliphatic heterocycles. The number of piperidine rings is 1. The minimum absolute atomic E-state index is 0.0338. The van der Waals surface area contributed by atoms with Crippen molar-refractivity contribution in [2.45, 2.75) is 38.6 Å². The lowest BCUT2D eigenvalue weighted by Gasteiger charge is -2.30. The third-order valence-electron chi connectivity index (χ3n) is 6.06. The number of oxazole rings is 1. The van der Waals surface area contributed by atoms with Gasteiger partial charge in [0.25, 0.3) is 5.91 Å². The van der Waals surface area contributed by atoms with Crippen LogP contribution in [0.2, 0.25) is 5.02 Å². The average Bonchev–Trinajstić information content (AvgIpc) is 3.42. The molecule has 0 bridgehead atoms. The second-order valence-corrected chi connectivity index (χ2v) is 8.92. The molecule has 33 heavy (non-hydrogen) atoms. The number of hydrogen-bond donors (Lipinski definition) is 0. The number of rotatable bonds is 4. The topological polar surface area (TPSA) is 94.4 Å². The van der Waals surface area contributed by atoms with Crippen molar-refractivity contribution in [3.8, 4) is 11.4 Å². The van der Waals surface area contributed by atoms with Gasteiger partial charge in [-0.1, -0.05) is 28.9 Å². The summed E-state index contributed by atoms with van der Waals surface area (Å²) in [5, 5.41) is 4.62. The Morgan fingerprint density at radius 2 is 1.91 bits per heavy atom. The van der Waals surface area contributed by atoms with Crippen LogP contribution in [0.15, 0.2) is 56.2 Å². The number of fused-ring (bicyclic) bond motifs is 1. The van der Waals surface area contributed by atoms with Crippen LogP contribution in [-0.2, 0) is 0 Å². The Balaban J connectivity index is 1.32. The first-order chi connectivity index (χ1) is 15.9. The van der Waals surface area contributed by atoms with E-state index < -0.39 is 0 Å². The SMILES string of the molecule is CC(C)n1c(=O)oc2ccc(-c3noc(C4CCN(C(=O)c5ccccc5Cl)CC4)n3)cc21. The summed E-state index contributed by atoms with van der Waals surface area (Å²) in [5.41, 5.74) is 2.49. The molecule has 1 saturated heterocycles. The molecule has 3 heterocycles. The van der Waals surface area contributed by atoms with E-state index >= 15 is 0 Å². The fourth-order valence-electron chi connectivity index (χ4n) is 4.31. The van der Waals surface area contributed by atoms with Crippen LogP contribution in [0.1, 0.15) is 54.9 Å². The molecule has 0 radical (unpaired) electrons. The van der Waals surface area contributed by atoms with Crippen LogP contribution >= 0.6 is 11.6 Å². The number of nitrogens with zero attached hydrogens (tertiary/aromatic N) is 4. The molecule has 170 valence electrons. The largest absolute Gasteiger partial charge is 0.420 e. The predicted octanol–water partition coefficient (Wildman–Crippen LogP) is 4.90. The van der Waals surface area contributed by atoms with Crippen molar-refractivity contribution in [3.63, 3.8) is 0 Å². The van der Waals surface area contributed by atoms with E-state index in [-0.39, 0.29) is 23.6 Å². The molecule has 1 fully saturated rings. The van der Waals surface area contributed by atoms with Crippen LogP contribution in [0, 0.1) is 0 Å². The molecule has 4 aromatic rings. The van der Waals surface area contributed by atoms with Gasteiger partial charge in [0, 0.05) is 30.6 Å². The standard InChI is InChI=1S/C24H23ClN4O4/c1-14(2)29-19-13-16(7-8-20(19)32-24(29)31)21-26-22(33-27-21)15-9-11-28(12-10-15)23(30)17-5-3-4-6-18(17)25/h3-8,13-15H,9-12H2,1-2H3. The molecule has 2 aromatic heterocycles. The van der Waals surface area contributed by atoms with Crippen molar-refractivity contribution in [2.75, 3.05) is 13.1 Å². The van der Waals surface area contributed by atoms with Gasteiger partial charge in [0.15, 0.2) is 5.58 Å². The van der Waals surface area contributed by atoms with Gasteiger partial charge in [-0.25, -0.2) is 4.79 Å². The Hall–Kier alpha value is -3.39. The van der Waals surface area contributed by atoms with E-state index in [2.05, 4.69) is 10.1 Å². The summed E-state index contributed by atoms with van der Waals surface area (Å²) in [6.45, 7) is 5.04. The van der Waals surface area contributed by atoms with E-state index in [1.165, 1.54) is 0 Å². The zero-order valence-corrected chi connectivity index (χ0v) is 19.1. The lowest BCUT2D eigenvalue weighted by molar-refractivity contribution is 0.0704. The number of hydrogen-bond acceptors (Lipinski definition) is 6. The number of carbonyl (C=O) groups excluding carboxylic acids is 1. The van der Waals surface area contributed by atoms with Crippen molar-refractivity contribution in [3.05, 3.63) is 69.5 Å². The second kappa shape index (κ2) is 8.51. The number of benzene rings is 2. The number of halogens is 1. The van der Waals surface area contributed by atoms with Crippen molar-refractivity contribution >= 4 is 28.6 Å². The summed E-state index contributed by atoms with van der Waals surface area (Å²) < 4.78 is 12.5. The average molecular weight is 467 g/mol. The van der Waals surface area contributed by atoms with E-state index in [0.717, 1.165) is 18.4 Å². The van der Waals surface area contributed by atoms with Gasteiger partial charge in [0.05, 0.1) is 16.1 Å². The highest BCUT2D eigenvalue weighted by Gasteiger charge is 2.29. The summed E-state index contributed by atoms with van der Waals surface area (Å²) >= 11 is 6.18. The predicted molar refractivity (Wildman–Crippen MR) is 123 cm³/mol. The van der Waals surface area contributed by atoms with Gasteiger partial charge < -0.3 is 13.8 Å². The maximum absolute atomic E-state index is 12.8. The summed E-state index contributed by atoms with van der Waals surface area (Å²) in [6.07, 6.45) is 1.46. The fourth-order valence-corrected chi connectivity index (χ4v) is 4.53. The molecule has 1 amide bonds.